The summed E-state index contributed by atoms with van der Waals surface area (Å²) in [5.41, 5.74) is 0. The Morgan fingerprint density at radius 3 is 2.20 bits per heavy atom. The first-order valence-corrected chi connectivity index (χ1v) is 7.20. The van der Waals surface area contributed by atoms with Gasteiger partial charge in [-0.3, -0.25) is 0 Å². The maximum atomic E-state index is 12.1. The maximum absolute atomic E-state index is 12.1. The van der Waals surface area contributed by atoms with Crippen LogP contribution in [0.3, 0.4) is 0 Å². The molecule has 2 amide bonds. The van der Waals surface area contributed by atoms with Crippen LogP contribution in [0.5, 0.6) is 0 Å². The molecule has 0 radical (unpaired) electrons. The molecule has 0 aromatic rings. The highest BCUT2D eigenvalue weighted by molar-refractivity contribution is 5.82. The summed E-state index contributed by atoms with van der Waals surface area (Å²) in [4.78, 5) is 26.9. The smallest absolute Gasteiger partial charge is 0.326 e. The Morgan fingerprint density at radius 2 is 1.80 bits per heavy atom. The second-order valence-electron chi connectivity index (χ2n) is 5.71. The number of carbonyl (C=O) groups excluding carboxylic acids is 1. The summed E-state index contributed by atoms with van der Waals surface area (Å²) in [5, 5.41) is 11.7. The molecule has 0 aliphatic heterocycles. The van der Waals surface area contributed by atoms with Crippen LogP contribution in [0, 0.1) is 5.92 Å². The van der Waals surface area contributed by atoms with E-state index in [9.17, 15) is 9.59 Å². The number of urea groups is 1. The van der Waals surface area contributed by atoms with Crippen molar-refractivity contribution in [2.45, 2.75) is 39.7 Å². The van der Waals surface area contributed by atoms with Gasteiger partial charge >= 0.3 is 12.0 Å². The molecule has 0 fully saturated rings. The highest BCUT2D eigenvalue weighted by Crippen LogP contribution is 2.06. The topological polar surface area (TPSA) is 72.9 Å². The second-order valence-corrected chi connectivity index (χ2v) is 5.71. The van der Waals surface area contributed by atoms with E-state index in [1.165, 1.54) is 0 Å². The zero-order valence-corrected chi connectivity index (χ0v) is 13.3. The Labute approximate surface area is 122 Å². The second kappa shape index (κ2) is 9.58. The summed E-state index contributed by atoms with van der Waals surface area (Å²) in [7, 11) is 3.97. The van der Waals surface area contributed by atoms with Crippen molar-refractivity contribution < 1.29 is 14.7 Å². The minimum Gasteiger partial charge on any atom is -0.480 e. The third-order valence-electron chi connectivity index (χ3n) is 3.01. The van der Waals surface area contributed by atoms with E-state index in [-0.39, 0.29) is 11.9 Å². The van der Waals surface area contributed by atoms with Crippen molar-refractivity contribution in [1.82, 2.24) is 15.1 Å². The molecule has 6 nitrogen and oxygen atoms in total. The number of nitrogens with zero attached hydrogens (tertiary/aromatic N) is 2. The first-order valence-electron chi connectivity index (χ1n) is 7.20. The van der Waals surface area contributed by atoms with Gasteiger partial charge in [0.1, 0.15) is 6.04 Å². The first kappa shape index (κ1) is 18.7. The Balaban J connectivity index is 4.39. The van der Waals surface area contributed by atoms with E-state index in [2.05, 4.69) is 10.2 Å². The maximum Gasteiger partial charge on any atom is 0.326 e. The van der Waals surface area contributed by atoms with Gasteiger partial charge in [0.15, 0.2) is 0 Å². The van der Waals surface area contributed by atoms with E-state index in [1.807, 2.05) is 34.9 Å². The minimum atomic E-state index is -0.976. The Bertz CT molecular complexity index is 306. The highest BCUT2D eigenvalue weighted by atomic mass is 16.4. The molecule has 118 valence electrons. The molecule has 6 heteroatoms. The summed E-state index contributed by atoms with van der Waals surface area (Å²) < 4.78 is 0. The number of rotatable bonds is 9. The van der Waals surface area contributed by atoms with E-state index >= 15 is 0 Å². The van der Waals surface area contributed by atoms with Gasteiger partial charge < -0.3 is 20.2 Å². The van der Waals surface area contributed by atoms with Crippen LogP contribution in [0.4, 0.5) is 4.79 Å². The highest BCUT2D eigenvalue weighted by Gasteiger charge is 2.23. The Morgan fingerprint density at radius 1 is 1.20 bits per heavy atom. The fourth-order valence-corrected chi connectivity index (χ4v) is 1.91. The molecule has 0 aliphatic carbocycles. The molecule has 0 aromatic carbocycles. The lowest BCUT2D eigenvalue weighted by Gasteiger charge is -2.25. The summed E-state index contributed by atoms with van der Waals surface area (Å²) >= 11 is 0. The Hall–Kier alpha value is -1.30. The zero-order valence-electron chi connectivity index (χ0n) is 13.3. The number of carboxylic acids is 1. The number of carboxylic acid groups (broad SMARTS) is 1. The van der Waals surface area contributed by atoms with Crippen LogP contribution in [0.2, 0.25) is 0 Å². The molecule has 0 saturated carbocycles. The van der Waals surface area contributed by atoms with Crippen molar-refractivity contribution in [2.24, 2.45) is 5.92 Å². The molecule has 0 aliphatic rings. The van der Waals surface area contributed by atoms with Gasteiger partial charge in [-0.1, -0.05) is 13.8 Å². The van der Waals surface area contributed by atoms with E-state index < -0.39 is 12.0 Å². The third kappa shape index (κ3) is 7.99. The van der Waals surface area contributed by atoms with Crippen molar-refractivity contribution in [1.29, 1.82) is 0 Å². The largest absolute Gasteiger partial charge is 0.480 e. The third-order valence-corrected chi connectivity index (χ3v) is 3.01. The molecule has 0 aromatic heterocycles. The predicted molar refractivity (Wildman–Crippen MR) is 79.8 cm³/mol. The van der Waals surface area contributed by atoms with Crippen molar-refractivity contribution in [3.05, 3.63) is 0 Å². The van der Waals surface area contributed by atoms with Crippen molar-refractivity contribution in [3.63, 3.8) is 0 Å². The first-order chi connectivity index (χ1) is 9.27. The number of hydrogen-bond donors (Lipinski definition) is 2. The zero-order chi connectivity index (χ0) is 15.7. The van der Waals surface area contributed by atoms with Gasteiger partial charge in [-0.2, -0.15) is 0 Å². The fourth-order valence-electron chi connectivity index (χ4n) is 1.91. The number of nitrogens with one attached hydrogen (secondary N) is 1. The summed E-state index contributed by atoms with van der Waals surface area (Å²) in [6.45, 7) is 7.89. The normalized spacial score (nSPS) is 12.6. The lowest BCUT2D eigenvalue weighted by Crippen LogP contribution is -2.48. The lowest BCUT2D eigenvalue weighted by atomic mass is 10.0. The number of amides is 2. The van der Waals surface area contributed by atoms with Crippen molar-refractivity contribution in [3.8, 4) is 0 Å². The number of aliphatic carboxylic acids is 1. The van der Waals surface area contributed by atoms with Gasteiger partial charge in [-0.25, -0.2) is 9.59 Å². The predicted octanol–water partition coefficient (Wildman–Crippen LogP) is 1.47. The van der Waals surface area contributed by atoms with Crippen LogP contribution in [-0.4, -0.2) is 66.7 Å². The molecule has 2 N–H and O–H groups in total. The van der Waals surface area contributed by atoms with Gasteiger partial charge in [-0.15, -0.1) is 0 Å². The van der Waals surface area contributed by atoms with E-state index in [0.717, 1.165) is 13.0 Å². The van der Waals surface area contributed by atoms with Gasteiger partial charge in [0.05, 0.1) is 0 Å². The van der Waals surface area contributed by atoms with Gasteiger partial charge in [-0.05, 0) is 46.3 Å². The SMILES string of the molecule is CCN(CCCN(C)C)C(=O)N[C@H](CC(C)C)C(=O)O. The average molecular weight is 287 g/mol. The van der Waals surface area contributed by atoms with E-state index in [0.29, 0.717) is 19.5 Å². The van der Waals surface area contributed by atoms with Crippen LogP contribution in [0.25, 0.3) is 0 Å². The molecule has 1 atom stereocenters. The van der Waals surface area contributed by atoms with Crippen molar-refractivity contribution in [2.75, 3.05) is 33.7 Å². The molecule has 0 rings (SSSR count). The lowest BCUT2D eigenvalue weighted by molar-refractivity contribution is -0.139. The summed E-state index contributed by atoms with van der Waals surface area (Å²) in [5.74, 6) is -0.753. The van der Waals surface area contributed by atoms with Crippen molar-refractivity contribution >= 4 is 12.0 Å². The Kier molecular flexibility index (Phi) is 8.96. The molecule has 0 saturated heterocycles. The van der Waals surface area contributed by atoms with Crippen LogP contribution < -0.4 is 5.32 Å². The fraction of sp³-hybridized carbons (Fsp3) is 0.857. The molecular formula is C14H29N3O3. The van der Waals surface area contributed by atoms with Gasteiger partial charge in [0.2, 0.25) is 0 Å². The van der Waals surface area contributed by atoms with Crippen LogP contribution in [0.1, 0.15) is 33.6 Å². The van der Waals surface area contributed by atoms with E-state index in [1.54, 1.807) is 4.90 Å². The van der Waals surface area contributed by atoms with E-state index in [4.69, 9.17) is 5.11 Å². The summed E-state index contributed by atoms with van der Waals surface area (Å²) in [6.07, 6.45) is 1.31. The number of hydrogen-bond acceptors (Lipinski definition) is 3. The van der Waals surface area contributed by atoms with Gasteiger partial charge in [0, 0.05) is 13.1 Å². The molecule has 0 unspecified atom stereocenters. The minimum absolute atomic E-state index is 0.222. The monoisotopic (exact) mass is 287 g/mol. The molecule has 0 spiro atoms. The molecular weight excluding hydrogens is 258 g/mol. The molecule has 20 heavy (non-hydrogen) atoms. The van der Waals surface area contributed by atoms with Gasteiger partial charge in [0.25, 0.3) is 0 Å². The van der Waals surface area contributed by atoms with Crippen LogP contribution >= 0.6 is 0 Å². The van der Waals surface area contributed by atoms with Crippen LogP contribution in [-0.2, 0) is 4.79 Å². The standard InChI is InChI=1S/C14H29N3O3/c1-6-17(9-7-8-16(4)5)14(20)15-12(13(18)19)10-11(2)3/h11-12H,6-10H2,1-5H3,(H,15,20)(H,18,19)/t12-/m1/s1. The summed E-state index contributed by atoms with van der Waals surface area (Å²) in [6, 6.07) is -1.11. The molecule has 0 heterocycles. The van der Waals surface area contributed by atoms with Crippen LogP contribution in [0.15, 0.2) is 0 Å². The quantitative estimate of drug-likeness (QED) is 0.673. The average Bonchev–Trinajstić information content (AvgIpc) is 2.32. The number of carbonyl (C=O) groups is 2. The molecule has 0 bridgehead atoms.